The molecule has 1 aromatic carbocycles. The summed E-state index contributed by atoms with van der Waals surface area (Å²) in [5, 5.41) is 3.43. The molecule has 0 aromatic heterocycles. The van der Waals surface area contributed by atoms with Crippen molar-refractivity contribution in [2.24, 2.45) is 11.3 Å². The summed E-state index contributed by atoms with van der Waals surface area (Å²) < 4.78 is 10.6. The van der Waals surface area contributed by atoms with Gasteiger partial charge in [0.2, 0.25) is 0 Å². The van der Waals surface area contributed by atoms with Crippen LogP contribution in [-0.4, -0.2) is 21.3 Å². The summed E-state index contributed by atoms with van der Waals surface area (Å²) >= 11 is 0. The van der Waals surface area contributed by atoms with E-state index in [-0.39, 0.29) is 0 Å². The summed E-state index contributed by atoms with van der Waals surface area (Å²) in [5.41, 5.74) is 1.71. The number of hydrogen-bond acceptors (Lipinski definition) is 3. The number of methoxy groups -OCH3 is 2. The van der Waals surface area contributed by atoms with Crippen LogP contribution < -0.4 is 14.8 Å². The average Bonchev–Trinajstić information content (AvgIpc) is 2.98. The van der Waals surface area contributed by atoms with Crippen LogP contribution in [0.15, 0.2) is 18.2 Å². The van der Waals surface area contributed by atoms with Crippen molar-refractivity contribution in [3.05, 3.63) is 23.8 Å². The summed E-state index contributed by atoms with van der Waals surface area (Å²) in [5.74, 6) is 2.28. The number of rotatable bonds is 5. The quantitative estimate of drug-likeness (QED) is 0.870. The topological polar surface area (TPSA) is 30.5 Å². The maximum atomic E-state index is 5.37. The monoisotopic (exact) mass is 249 g/mol. The van der Waals surface area contributed by atoms with E-state index in [4.69, 9.17) is 9.47 Å². The zero-order chi connectivity index (χ0) is 13.3. The van der Waals surface area contributed by atoms with Crippen molar-refractivity contribution >= 4 is 0 Å². The second kappa shape index (κ2) is 4.81. The van der Waals surface area contributed by atoms with Crippen LogP contribution in [-0.2, 0) is 0 Å². The van der Waals surface area contributed by atoms with Crippen molar-refractivity contribution in [3.8, 4) is 11.5 Å². The Morgan fingerprint density at radius 3 is 2.28 bits per heavy atom. The van der Waals surface area contributed by atoms with Gasteiger partial charge in [0, 0.05) is 6.04 Å². The van der Waals surface area contributed by atoms with Gasteiger partial charge in [0.1, 0.15) is 0 Å². The number of hydrogen-bond donors (Lipinski definition) is 1. The zero-order valence-electron chi connectivity index (χ0n) is 11.9. The van der Waals surface area contributed by atoms with E-state index in [0.29, 0.717) is 17.4 Å². The highest BCUT2D eigenvalue weighted by Crippen LogP contribution is 2.57. The van der Waals surface area contributed by atoms with Gasteiger partial charge in [-0.1, -0.05) is 19.9 Å². The zero-order valence-corrected chi connectivity index (χ0v) is 11.9. The Kier molecular flexibility index (Phi) is 3.53. The van der Waals surface area contributed by atoms with E-state index in [2.05, 4.69) is 31.3 Å². The second-order valence-corrected chi connectivity index (χ2v) is 5.68. The molecule has 1 aliphatic rings. The first-order valence-corrected chi connectivity index (χ1v) is 6.42. The molecule has 18 heavy (non-hydrogen) atoms. The molecule has 100 valence electrons. The first-order chi connectivity index (χ1) is 8.53. The molecule has 2 atom stereocenters. The molecule has 1 N–H and O–H groups in total. The first kappa shape index (κ1) is 13.2. The Bertz CT molecular complexity index is 429. The van der Waals surface area contributed by atoms with Gasteiger partial charge in [-0.05, 0) is 42.5 Å². The van der Waals surface area contributed by atoms with Crippen LogP contribution >= 0.6 is 0 Å². The third-order valence-electron chi connectivity index (χ3n) is 4.07. The molecule has 1 saturated carbocycles. The Morgan fingerprint density at radius 2 is 1.83 bits per heavy atom. The molecule has 0 saturated heterocycles. The minimum Gasteiger partial charge on any atom is -0.493 e. The lowest BCUT2D eigenvalue weighted by atomic mass is 9.97. The molecule has 0 spiro atoms. The Labute approximate surface area is 109 Å². The van der Waals surface area contributed by atoms with Crippen LogP contribution in [0.25, 0.3) is 0 Å². The molecule has 0 radical (unpaired) electrons. The Balaban J connectivity index is 2.27. The lowest BCUT2D eigenvalue weighted by molar-refractivity contribution is 0.353. The van der Waals surface area contributed by atoms with Crippen molar-refractivity contribution in [1.29, 1.82) is 0 Å². The standard InChI is InChI=1S/C15H23NO2/c1-15(2)9-11(15)14(16-3)10-6-7-12(17-4)13(8-10)18-5/h6-8,11,14,16H,9H2,1-5H3. The first-order valence-electron chi connectivity index (χ1n) is 6.42. The molecule has 0 bridgehead atoms. The maximum absolute atomic E-state index is 5.37. The fraction of sp³-hybridized carbons (Fsp3) is 0.600. The molecule has 0 aliphatic heterocycles. The van der Waals surface area contributed by atoms with Crippen LogP contribution in [0.1, 0.15) is 31.9 Å². The molecule has 2 rings (SSSR count). The molecule has 2 unspecified atom stereocenters. The summed E-state index contributed by atoms with van der Waals surface area (Å²) in [6, 6.07) is 6.57. The molecular formula is C15H23NO2. The fourth-order valence-corrected chi connectivity index (χ4v) is 2.72. The molecular weight excluding hydrogens is 226 g/mol. The summed E-state index contributed by atoms with van der Waals surface area (Å²) in [4.78, 5) is 0. The lowest BCUT2D eigenvalue weighted by Crippen LogP contribution is -2.20. The predicted molar refractivity (Wildman–Crippen MR) is 73.2 cm³/mol. The van der Waals surface area contributed by atoms with E-state index in [0.717, 1.165) is 11.5 Å². The second-order valence-electron chi connectivity index (χ2n) is 5.68. The van der Waals surface area contributed by atoms with Crippen LogP contribution in [0.2, 0.25) is 0 Å². The average molecular weight is 249 g/mol. The molecule has 1 fully saturated rings. The van der Waals surface area contributed by atoms with Gasteiger partial charge in [0.15, 0.2) is 11.5 Å². The van der Waals surface area contributed by atoms with Gasteiger partial charge in [0.05, 0.1) is 14.2 Å². The minimum absolute atomic E-state index is 0.389. The van der Waals surface area contributed by atoms with E-state index in [1.807, 2.05) is 13.1 Å². The minimum atomic E-state index is 0.389. The fourth-order valence-electron chi connectivity index (χ4n) is 2.72. The number of ether oxygens (including phenoxy) is 2. The molecule has 0 heterocycles. The summed E-state index contributed by atoms with van der Waals surface area (Å²) in [7, 11) is 5.37. The van der Waals surface area contributed by atoms with Crippen molar-refractivity contribution < 1.29 is 9.47 Å². The Hall–Kier alpha value is -1.22. The molecule has 3 nitrogen and oxygen atoms in total. The molecule has 3 heteroatoms. The van der Waals surface area contributed by atoms with Crippen LogP contribution in [0, 0.1) is 11.3 Å². The van der Waals surface area contributed by atoms with Gasteiger partial charge in [-0.15, -0.1) is 0 Å². The normalized spacial score (nSPS) is 22.4. The van der Waals surface area contributed by atoms with Crippen molar-refractivity contribution in [2.75, 3.05) is 21.3 Å². The van der Waals surface area contributed by atoms with E-state index in [9.17, 15) is 0 Å². The highest BCUT2D eigenvalue weighted by molar-refractivity contribution is 5.44. The van der Waals surface area contributed by atoms with Crippen LogP contribution in [0.5, 0.6) is 11.5 Å². The largest absolute Gasteiger partial charge is 0.493 e. The third kappa shape index (κ3) is 2.32. The smallest absolute Gasteiger partial charge is 0.161 e. The summed E-state index contributed by atoms with van der Waals surface area (Å²) in [6.07, 6.45) is 1.27. The third-order valence-corrected chi connectivity index (χ3v) is 4.07. The van der Waals surface area contributed by atoms with Gasteiger partial charge in [-0.2, -0.15) is 0 Å². The maximum Gasteiger partial charge on any atom is 0.161 e. The molecule has 1 aromatic rings. The molecule has 0 amide bonds. The highest BCUT2D eigenvalue weighted by Gasteiger charge is 2.50. The van der Waals surface area contributed by atoms with Gasteiger partial charge < -0.3 is 14.8 Å². The van der Waals surface area contributed by atoms with Crippen molar-refractivity contribution in [2.45, 2.75) is 26.3 Å². The van der Waals surface area contributed by atoms with E-state index in [1.165, 1.54) is 12.0 Å². The van der Waals surface area contributed by atoms with Crippen molar-refractivity contribution in [1.82, 2.24) is 5.32 Å². The SMILES string of the molecule is CNC(c1ccc(OC)c(OC)c1)C1CC1(C)C. The van der Waals surface area contributed by atoms with Crippen LogP contribution in [0.3, 0.4) is 0 Å². The van der Waals surface area contributed by atoms with Crippen molar-refractivity contribution in [3.63, 3.8) is 0 Å². The van der Waals surface area contributed by atoms with Crippen LogP contribution in [0.4, 0.5) is 0 Å². The van der Waals surface area contributed by atoms with Gasteiger partial charge in [-0.25, -0.2) is 0 Å². The van der Waals surface area contributed by atoms with Gasteiger partial charge in [-0.3, -0.25) is 0 Å². The van der Waals surface area contributed by atoms with Gasteiger partial charge >= 0.3 is 0 Å². The van der Waals surface area contributed by atoms with E-state index in [1.54, 1.807) is 14.2 Å². The Morgan fingerprint density at radius 1 is 1.22 bits per heavy atom. The number of nitrogens with one attached hydrogen (secondary N) is 1. The van der Waals surface area contributed by atoms with Gasteiger partial charge in [0.25, 0.3) is 0 Å². The molecule has 1 aliphatic carbocycles. The summed E-state index contributed by atoms with van der Waals surface area (Å²) in [6.45, 7) is 4.64. The predicted octanol–water partition coefficient (Wildman–Crippen LogP) is 3.01. The number of benzene rings is 1. The van der Waals surface area contributed by atoms with E-state index >= 15 is 0 Å². The van der Waals surface area contributed by atoms with E-state index < -0.39 is 0 Å². The highest BCUT2D eigenvalue weighted by atomic mass is 16.5. The lowest BCUT2D eigenvalue weighted by Gasteiger charge is -2.20.